The molecule has 3 aliphatic heterocycles. The van der Waals surface area contributed by atoms with Gasteiger partial charge >= 0.3 is 6.09 Å². The molecule has 0 aromatic heterocycles. The molecule has 3 rings (SSSR count). The highest BCUT2D eigenvalue weighted by Crippen LogP contribution is 2.50. The minimum atomic E-state index is -0.835. The lowest BCUT2D eigenvalue weighted by molar-refractivity contribution is -0.282. The van der Waals surface area contributed by atoms with Crippen molar-refractivity contribution in [1.82, 2.24) is 9.96 Å². The smallest absolute Gasteiger partial charge is 0.413 e. The van der Waals surface area contributed by atoms with Crippen molar-refractivity contribution in [2.75, 3.05) is 6.61 Å². The van der Waals surface area contributed by atoms with Crippen molar-refractivity contribution >= 4 is 12.0 Å². The first-order chi connectivity index (χ1) is 10.1. The lowest BCUT2D eigenvalue weighted by atomic mass is 9.80. The fourth-order valence-electron chi connectivity index (χ4n) is 3.49. The second-order valence-electron chi connectivity index (χ2n) is 7.79. The number of ether oxygens (including phenoxy) is 1. The normalized spacial score (nSPS) is 33.0. The van der Waals surface area contributed by atoms with Gasteiger partial charge in [-0.3, -0.25) is 14.5 Å². The quantitative estimate of drug-likeness (QED) is 0.645. The molecule has 2 atom stereocenters. The summed E-state index contributed by atoms with van der Waals surface area (Å²) in [7, 11) is 0. The van der Waals surface area contributed by atoms with Gasteiger partial charge in [0.25, 0.3) is 5.91 Å². The molecule has 1 spiro atoms. The van der Waals surface area contributed by atoms with Gasteiger partial charge in [0.1, 0.15) is 5.60 Å². The van der Waals surface area contributed by atoms with E-state index in [1.165, 1.54) is 5.06 Å². The fraction of sp³-hybridized carbons (Fsp3) is 0.750. The highest BCUT2D eigenvalue weighted by atomic mass is 16.7. The van der Waals surface area contributed by atoms with Crippen molar-refractivity contribution in [2.45, 2.75) is 64.8 Å². The van der Waals surface area contributed by atoms with Crippen molar-refractivity contribution in [3.05, 3.63) is 12.2 Å². The molecule has 22 heavy (non-hydrogen) atoms. The number of rotatable bonds is 0. The summed E-state index contributed by atoms with van der Waals surface area (Å²) >= 11 is 0. The molecule has 6 heteroatoms. The Hall–Kier alpha value is -1.56. The summed E-state index contributed by atoms with van der Waals surface area (Å²) in [5.41, 5.74) is -2.16. The van der Waals surface area contributed by atoms with Crippen molar-refractivity contribution in [1.29, 1.82) is 0 Å². The van der Waals surface area contributed by atoms with E-state index in [4.69, 9.17) is 9.57 Å². The van der Waals surface area contributed by atoms with Gasteiger partial charge in [-0.15, -0.1) is 0 Å². The predicted octanol–water partition coefficient (Wildman–Crippen LogP) is 2.45. The lowest BCUT2D eigenvalue weighted by Gasteiger charge is -2.56. The van der Waals surface area contributed by atoms with Crippen LogP contribution >= 0.6 is 0 Å². The Morgan fingerprint density at radius 3 is 2.73 bits per heavy atom. The topological polar surface area (TPSA) is 59.1 Å². The van der Waals surface area contributed by atoms with Crippen LogP contribution in [0.25, 0.3) is 0 Å². The van der Waals surface area contributed by atoms with Gasteiger partial charge in [0, 0.05) is 0 Å². The van der Waals surface area contributed by atoms with E-state index in [2.05, 4.69) is 0 Å². The number of amides is 2. The molecule has 122 valence electrons. The molecule has 0 aromatic carbocycles. The number of hydrogen-bond acceptors (Lipinski definition) is 4. The monoisotopic (exact) mass is 308 g/mol. The van der Waals surface area contributed by atoms with Gasteiger partial charge in [0.05, 0.1) is 18.1 Å². The van der Waals surface area contributed by atoms with Crippen molar-refractivity contribution in [2.24, 2.45) is 5.41 Å². The van der Waals surface area contributed by atoms with Crippen molar-refractivity contribution in [3.63, 3.8) is 0 Å². The number of carbonyl (C=O) groups excluding carboxylic acids is 2. The summed E-state index contributed by atoms with van der Waals surface area (Å²) in [6, 6.07) is -0.312. The number of hydrogen-bond donors (Lipinski definition) is 0. The highest BCUT2D eigenvalue weighted by Gasteiger charge is 2.64. The second kappa shape index (κ2) is 4.47. The molecule has 0 radical (unpaired) electrons. The van der Waals surface area contributed by atoms with Crippen LogP contribution in [0.1, 0.15) is 47.5 Å². The minimum Gasteiger partial charge on any atom is -0.444 e. The first-order valence-electron chi connectivity index (χ1n) is 7.79. The van der Waals surface area contributed by atoms with Gasteiger partial charge < -0.3 is 4.74 Å². The number of hydroxylamine groups is 2. The van der Waals surface area contributed by atoms with Crippen LogP contribution in [-0.4, -0.2) is 45.9 Å². The van der Waals surface area contributed by atoms with Crippen LogP contribution in [0.5, 0.6) is 0 Å². The van der Waals surface area contributed by atoms with E-state index in [1.54, 1.807) is 4.90 Å². The van der Waals surface area contributed by atoms with Crippen LogP contribution in [0.3, 0.4) is 0 Å². The maximum atomic E-state index is 12.8. The third-order valence-electron chi connectivity index (χ3n) is 4.57. The zero-order chi connectivity index (χ0) is 16.3. The third-order valence-corrected chi connectivity index (χ3v) is 4.57. The Balaban J connectivity index is 2.03. The molecule has 0 saturated carbocycles. The molecule has 2 fully saturated rings. The first-order valence-corrected chi connectivity index (χ1v) is 7.79. The van der Waals surface area contributed by atoms with Gasteiger partial charge in [0.2, 0.25) is 0 Å². The third kappa shape index (κ3) is 1.96. The molecule has 0 unspecified atom stereocenters. The SMILES string of the molecule is CC(C)(C)OC(=O)N1[C@H]2C=C[C@@]13CCCON3C(=O)C2(C)C. The van der Waals surface area contributed by atoms with Crippen LogP contribution in [0.15, 0.2) is 12.2 Å². The van der Waals surface area contributed by atoms with E-state index < -0.39 is 22.8 Å². The van der Waals surface area contributed by atoms with Crippen LogP contribution in [-0.2, 0) is 14.4 Å². The molecular formula is C16H24N2O4. The second-order valence-corrected chi connectivity index (χ2v) is 7.79. The maximum Gasteiger partial charge on any atom is 0.413 e. The Kier molecular flexibility index (Phi) is 3.12. The summed E-state index contributed by atoms with van der Waals surface area (Å²) in [6.07, 6.45) is 4.92. The van der Waals surface area contributed by atoms with Crippen LogP contribution < -0.4 is 0 Å². The Morgan fingerprint density at radius 1 is 1.41 bits per heavy atom. The lowest BCUT2D eigenvalue weighted by Crippen LogP contribution is -2.73. The van der Waals surface area contributed by atoms with E-state index in [0.717, 1.165) is 6.42 Å². The van der Waals surface area contributed by atoms with Gasteiger partial charge in [-0.1, -0.05) is 6.08 Å². The zero-order valence-corrected chi connectivity index (χ0v) is 13.9. The molecular weight excluding hydrogens is 284 g/mol. The highest BCUT2D eigenvalue weighted by molar-refractivity contribution is 5.88. The molecule has 3 aliphatic rings. The summed E-state index contributed by atoms with van der Waals surface area (Å²) < 4.78 is 5.58. The molecule has 0 aliphatic carbocycles. The van der Waals surface area contributed by atoms with E-state index in [1.807, 2.05) is 46.8 Å². The molecule has 0 aromatic rings. The molecule has 0 N–H and O–H groups in total. The average molecular weight is 308 g/mol. The van der Waals surface area contributed by atoms with Gasteiger partial charge in [-0.05, 0) is 53.5 Å². The molecule has 2 saturated heterocycles. The number of nitrogens with zero attached hydrogens (tertiary/aromatic N) is 2. The molecule has 6 nitrogen and oxygen atoms in total. The summed E-state index contributed by atoms with van der Waals surface area (Å²) in [4.78, 5) is 32.9. The Bertz CT molecular complexity index is 549. The van der Waals surface area contributed by atoms with Gasteiger partial charge in [0.15, 0.2) is 5.66 Å². The van der Waals surface area contributed by atoms with Crippen LogP contribution in [0.4, 0.5) is 4.79 Å². The molecule has 2 amide bonds. The van der Waals surface area contributed by atoms with E-state index >= 15 is 0 Å². The molecule has 2 bridgehead atoms. The minimum absolute atomic E-state index is 0.0815. The largest absolute Gasteiger partial charge is 0.444 e. The maximum absolute atomic E-state index is 12.8. The Morgan fingerprint density at radius 2 is 2.09 bits per heavy atom. The van der Waals surface area contributed by atoms with Crippen molar-refractivity contribution < 1.29 is 19.2 Å². The summed E-state index contributed by atoms with van der Waals surface area (Å²) in [5, 5.41) is 1.39. The van der Waals surface area contributed by atoms with E-state index in [9.17, 15) is 9.59 Å². The van der Waals surface area contributed by atoms with Gasteiger partial charge in [-0.2, -0.15) is 5.06 Å². The van der Waals surface area contributed by atoms with Gasteiger partial charge in [-0.25, -0.2) is 4.79 Å². The first kappa shape index (κ1) is 15.3. The number of carbonyl (C=O) groups is 2. The van der Waals surface area contributed by atoms with E-state index in [-0.39, 0.29) is 11.9 Å². The van der Waals surface area contributed by atoms with Crippen molar-refractivity contribution in [3.8, 4) is 0 Å². The summed E-state index contributed by atoms with van der Waals surface area (Å²) in [5.74, 6) is -0.0815. The van der Waals surface area contributed by atoms with Crippen LogP contribution in [0.2, 0.25) is 0 Å². The average Bonchev–Trinajstić information content (AvgIpc) is 2.73. The molecule has 3 heterocycles. The van der Waals surface area contributed by atoms with Crippen LogP contribution in [0, 0.1) is 5.41 Å². The number of fused-ring (bicyclic) bond motifs is 1. The fourth-order valence-corrected chi connectivity index (χ4v) is 3.49. The predicted molar refractivity (Wildman–Crippen MR) is 79.5 cm³/mol. The Labute approximate surface area is 131 Å². The zero-order valence-electron chi connectivity index (χ0n) is 13.9. The van der Waals surface area contributed by atoms with E-state index in [0.29, 0.717) is 13.0 Å². The summed E-state index contributed by atoms with van der Waals surface area (Å²) in [6.45, 7) is 9.70. The standard InChI is InChI=1S/C16H24N2O4/c1-14(2,3)22-13(20)17-11-7-9-16(17)8-6-10-21-18(16)12(19)15(11,4)5/h7,9,11H,6,8,10H2,1-5H3/t11-,16-/m0/s1.